The van der Waals surface area contributed by atoms with Gasteiger partial charge >= 0.3 is 12.0 Å². The highest BCUT2D eigenvalue weighted by Crippen LogP contribution is 2.35. The molecule has 2 atom stereocenters. The van der Waals surface area contributed by atoms with Gasteiger partial charge in [0.1, 0.15) is 24.8 Å². The Bertz CT molecular complexity index is 1570. The van der Waals surface area contributed by atoms with E-state index in [1.54, 1.807) is 62.4 Å². The zero-order valence-corrected chi connectivity index (χ0v) is 26.4. The smallest absolute Gasteiger partial charge is 0.337 e. The van der Waals surface area contributed by atoms with E-state index in [1.807, 2.05) is 6.07 Å². The van der Waals surface area contributed by atoms with Crippen LogP contribution < -0.4 is 30.3 Å². The van der Waals surface area contributed by atoms with Gasteiger partial charge in [0, 0.05) is 11.3 Å². The number of nitrogens with zero attached hydrogens (tertiary/aromatic N) is 1. The second-order valence-corrected chi connectivity index (χ2v) is 10.6. The highest BCUT2D eigenvalue weighted by molar-refractivity contribution is 14.1. The maximum atomic E-state index is 13.9. The number of halogens is 2. The third-order valence-electron chi connectivity index (χ3n) is 6.41. The average Bonchev–Trinajstić information content (AvgIpc) is 3.00. The molecule has 0 saturated carbocycles. The van der Waals surface area contributed by atoms with Gasteiger partial charge in [-0.3, -0.25) is 5.43 Å². The molecule has 0 aromatic heterocycles. The molecule has 0 radical (unpaired) electrons. The van der Waals surface area contributed by atoms with Crippen molar-refractivity contribution in [3.8, 4) is 17.2 Å². The summed E-state index contributed by atoms with van der Waals surface area (Å²) < 4.78 is 36.8. The van der Waals surface area contributed by atoms with Crippen molar-refractivity contribution in [3.05, 3.63) is 98.0 Å². The summed E-state index contributed by atoms with van der Waals surface area (Å²) in [5.41, 5.74) is 5.06. The fourth-order valence-corrected chi connectivity index (χ4v) is 5.00. The van der Waals surface area contributed by atoms with Gasteiger partial charge < -0.3 is 34.7 Å². The van der Waals surface area contributed by atoms with E-state index in [-0.39, 0.29) is 24.6 Å². The molecular formula is C31H32FIN4O7. The molecule has 1 heterocycles. The molecule has 4 rings (SSSR count). The summed E-state index contributed by atoms with van der Waals surface area (Å²) in [6.45, 7) is 3.70. The van der Waals surface area contributed by atoms with Crippen LogP contribution in [0.1, 0.15) is 36.6 Å². The molecule has 13 heteroatoms. The molecule has 0 aliphatic carbocycles. The number of esters is 1. The number of hydrogen-bond acceptors (Lipinski definition) is 9. The van der Waals surface area contributed by atoms with E-state index in [9.17, 15) is 19.1 Å². The minimum absolute atomic E-state index is 0.109. The minimum atomic E-state index is -1.15. The lowest BCUT2D eigenvalue weighted by molar-refractivity contribution is -0.136. The van der Waals surface area contributed by atoms with Gasteiger partial charge in [-0.15, -0.1) is 0 Å². The first-order chi connectivity index (χ1) is 21.2. The number of methoxy groups -OCH3 is 1. The second-order valence-electron chi connectivity index (χ2n) is 9.48. The van der Waals surface area contributed by atoms with Crippen LogP contribution in [0.2, 0.25) is 0 Å². The predicted octanol–water partition coefficient (Wildman–Crippen LogP) is 4.53. The lowest BCUT2D eigenvalue weighted by atomic mass is 9.95. The summed E-state index contributed by atoms with van der Waals surface area (Å²) >= 11 is 2.13. The van der Waals surface area contributed by atoms with E-state index < -0.39 is 24.3 Å². The second kappa shape index (κ2) is 15.4. The average molecular weight is 719 g/mol. The van der Waals surface area contributed by atoms with Gasteiger partial charge in [0.2, 0.25) is 0 Å². The lowest BCUT2D eigenvalue weighted by Crippen LogP contribution is -2.45. The Morgan fingerprint density at radius 3 is 2.61 bits per heavy atom. The molecule has 1 aliphatic rings. The van der Waals surface area contributed by atoms with E-state index in [1.165, 1.54) is 19.4 Å². The van der Waals surface area contributed by atoms with Gasteiger partial charge in [0.05, 0.1) is 35.1 Å². The van der Waals surface area contributed by atoms with Crippen LogP contribution in [0, 0.1) is 9.39 Å². The number of allylic oxidation sites excluding steroid dienone is 1. The third-order valence-corrected chi connectivity index (χ3v) is 7.25. The molecule has 3 aromatic carbocycles. The van der Waals surface area contributed by atoms with Crippen molar-refractivity contribution >= 4 is 40.8 Å². The Labute approximate surface area is 267 Å². The fourth-order valence-electron chi connectivity index (χ4n) is 4.31. The number of urea groups is 1. The molecule has 44 heavy (non-hydrogen) atoms. The molecule has 0 unspecified atom stereocenters. The minimum Gasteiger partial charge on any atom is -0.490 e. The number of hydrazone groups is 1. The number of hydrogen-bond donors (Lipinski definition) is 4. The quantitative estimate of drug-likeness (QED) is 0.0665. The summed E-state index contributed by atoms with van der Waals surface area (Å²) in [5, 5.41) is 19.8. The summed E-state index contributed by atoms with van der Waals surface area (Å²) in [4.78, 5) is 24.6. The van der Waals surface area contributed by atoms with Gasteiger partial charge in [0.25, 0.3) is 0 Å². The van der Waals surface area contributed by atoms with Crippen LogP contribution in [0.25, 0.3) is 0 Å². The standard InChI is InChI=1S/C31H32FIN4O7/c1-4-42-26-14-20(29-28(30(39)41-3)18(2)35-31(40)36-29)10-12-25(26)44-17-27(38)37-34-15-19-9-11-24(23(33)13-19)43-16-21-7-5-6-8-22(21)32/h5-15,27,29,37-38H,4,16-17H2,1-3H3,(H2,35,36,40)/b34-15-/t27-,29-/m1/s1. The van der Waals surface area contributed by atoms with Crippen molar-refractivity contribution in [1.82, 2.24) is 16.1 Å². The van der Waals surface area contributed by atoms with Crippen LogP contribution in [-0.4, -0.2) is 49.9 Å². The fraction of sp³-hybridized carbons (Fsp3) is 0.258. The Kier molecular flexibility index (Phi) is 11.4. The van der Waals surface area contributed by atoms with Crippen molar-refractivity contribution in [2.75, 3.05) is 20.3 Å². The Morgan fingerprint density at radius 1 is 1.11 bits per heavy atom. The number of aliphatic hydroxyl groups is 1. The molecule has 3 aromatic rings. The number of amides is 2. The van der Waals surface area contributed by atoms with Crippen molar-refractivity contribution in [2.45, 2.75) is 32.7 Å². The van der Waals surface area contributed by atoms with Crippen molar-refractivity contribution in [3.63, 3.8) is 0 Å². The SMILES string of the molecule is CCOc1cc([C@H]2NC(=O)NC(C)=C2C(=O)OC)ccc1OC[C@@H](O)N/N=C\c1ccc(OCc2ccccc2F)c(I)c1. The molecule has 0 bridgehead atoms. The van der Waals surface area contributed by atoms with Gasteiger partial charge in [-0.05, 0) is 84.0 Å². The summed E-state index contributed by atoms with van der Waals surface area (Å²) in [6, 6.07) is 15.6. The summed E-state index contributed by atoms with van der Waals surface area (Å²) in [5.74, 6) is 0.425. The van der Waals surface area contributed by atoms with Gasteiger partial charge in [0.15, 0.2) is 17.7 Å². The summed E-state index contributed by atoms with van der Waals surface area (Å²) in [6.07, 6.45) is 0.386. The first-order valence-corrected chi connectivity index (χ1v) is 14.7. The molecule has 232 valence electrons. The highest BCUT2D eigenvalue weighted by atomic mass is 127. The Morgan fingerprint density at radius 2 is 1.89 bits per heavy atom. The number of ether oxygens (including phenoxy) is 4. The van der Waals surface area contributed by atoms with Crippen LogP contribution in [-0.2, 0) is 16.1 Å². The van der Waals surface area contributed by atoms with E-state index >= 15 is 0 Å². The molecule has 0 spiro atoms. The third kappa shape index (κ3) is 8.38. The van der Waals surface area contributed by atoms with Crippen molar-refractivity contribution in [2.24, 2.45) is 5.10 Å². The number of carbonyl (C=O) groups excluding carboxylic acids is 2. The molecule has 1 aliphatic heterocycles. The highest BCUT2D eigenvalue weighted by Gasteiger charge is 2.32. The molecule has 11 nitrogen and oxygen atoms in total. The number of rotatable bonds is 13. The maximum absolute atomic E-state index is 13.9. The first kappa shape index (κ1) is 32.5. The number of carbonyl (C=O) groups is 2. The number of nitrogens with one attached hydrogen (secondary N) is 3. The Hall–Kier alpha value is -4.37. The van der Waals surface area contributed by atoms with Gasteiger partial charge in [-0.1, -0.05) is 24.3 Å². The van der Waals surface area contributed by atoms with Crippen molar-refractivity contribution < 1.29 is 38.0 Å². The zero-order valence-electron chi connectivity index (χ0n) is 24.2. The molecule has 2 amide bonds. The van der Waals surface area contributed by atoms with Crippen LogP contribution in [0.15, 0.2) is 77.0 Å². The topological polar surface area (TPSA) is 140 Å². The number of benzene rings is 3. The Balaban J connectivity index is 1.35. The predicted molar refractivity (Wildman–Crippen MR) is 169 cm³/mol. The van der Waals surface area contributed by atoms with E-state index in [0.29, 0.717) is 40.7 Å². The van der Waals surface area contributed by atoms with Crippen LogP contribution >= 0.6 is 22.6 Å². The largest absolute Gasteiger partial charge is 0.490 e. The van der Waals surface area contributed by atoms with Crippen molar-refractivity contribution in [1.29, 1.82) is 0 Å². The number of aliphatic hydroxyl groups excluding tert-OH is 1. The van der Waals surface area contributed by atoms with Gasteiger partial charge in [-0.2, -0.15) is 5.10 Å². The first-order valence-electron chi connectivity index (χ1n) is 13.6. The normalized spacial score (nSPS) is 15.3. The maximum Gasteiger partial charge on any atom is 0.337 e. The molecule has 0 saturated heterocycles. The molecular weight excluding hydrogens is 686 g/mol. The monoisotopic (exact) mass is 718 g/mol. The van der Waals surface area contributed by atoms with Gasteiger partial charge in [-0.25, -0.2) is 14.0 Å². The van der Waals surface area contributed by atoms with Crippen LogP contribution in [0.3, 0.4) is 0 Å². The van der Waals surface area contributed by atoms with E-state index in [2.05, 4.69) is 43.8 Å². The lowest BCUT2D eigenvalue weighted by Gasteiger charge is -2.28. The van der Waals surface area contributed by atoms with E-state index in [0.717, 1.165) is 9.13 Å². The molecule has 4 N–H and O–H groups in total. The summed E-state index contributed by atoms with van der Waals surface area (Å²) in [7, 11) is 1.27. The molecule has 0 fully saturated rings. The zero-order chi connectivity index (χ0) is 31.6. The van der Waals surface area contributed by atoms with Crippen LogP contribution in [0.4, 0.5) is 9.18 Å². The van der Waals surface area contributed by atoms with Crippen LogP contribution in [0.5, 0.6) is 17.2 Å². The van der Waals surface area contributed by atoms with E-state index in [4.69, 9.17) is 18.9 Å².